The first-order valence-electron chi connectivity index (χ1n) is 12.4. The summed E-state index contributed by atoms with van der Waals surface area (Å²) in [6.45, 7) is 2.51. The Morgan fingerprint density at radius 1 is 1.03 bits per heavy atom. The number of halogens is 1. The lowest BCUT2D eigenvalue weighted by Crippen LogP contribution is -2.50. The molecule has 37 heavy (non-hydrogen) atoms. The van der Waals surface area contributed by atoms with Crippen LogP contribution in [0.25, 0.3) is 0 Å². The minimum absolute atomic E-state index is 0.0275. The zero-order valence-corrected chi connectivity index (χ0v) is 21.2. The van der Waals surface area contributed by atoms with Gasteiger partial charge in [0.1, 0.15) is 0 Å². The fourth-order valence-electron chi connectivity index (χ4n) is 4.86. The third-order valence-corrected chi connectivity index (χ3v) is 7.26. The molecule has 0 saturated heterocycles. The van der Waals surface area contributed by atoms with Crippen LogP contribution in [0.15, 0.2) is 85.3 Å². The van der Waals surface area contributed by atoms with Crippen molar-refractivity contribution in [3.8, 4) is 6.07 Å². The molecule has 1 amide bonds. The summed E-state index contributed by atoms with van der Waals surface area (Å²) < 4.78 is 2.08. The van der Waals surface area contributed by atoms with Crippen LogP contribution in [0.1, 0.15) is 33.5 Å². The van der Waals surface area contributed by atoms with Crippen molar-refractivity contribution in [1.82, 2.24) is 19.8 Å². The van der Waals surface area contributed by atoms with Crippen LogP contribution in [0.5, 0.6) is 0 Å². The number of hydrogen-bond donors (Lipinski definition) is 1. The van der Waals surface area contributed by atoms with E-state index in [9.17, 15) is 4.79 Å². The molecule has 5 rings (SSSR count). The van der Waals surface area contributed by atoms with Gasteiger partial charge >= 0.3 is 0 Å². The van der Waals surface area contributed by atoms with Gasteiger partial charge < -0.3 is 9.88 Å². The van der Waals surface area contributed by atoms with E-state index < -0.39 is 0 Å². The molecule has 186 valence electrons. The molecule has 0 radical (unpaired) electrons. The van der Waals surface area contributed by atoms with Gasteiger partial charge in [-0.1, -0.05) is 66.2 Å². The minimum atomic E-state index is -0.269. The van der Waals surface area contributed by atoms with Crippen LogP contribution in [-0.2, 0) is 37.3 Å². The average Bonchev–Trinajstić information content (AvgIpc) is 3.36. The van der Waals surface area contributed by atoms with Crippen LogP contribution < -0.4 is 5.32 Å². The summed E-state index contributed by atoms with van der Waals surface area (Å²) in [6.07, 6.45) is 4.99. The Hall–Kier alpha value is -3.92. The summed E-state index contributed by atoms with van der Waals surface area (Å²) in [5, 5.41) is 12.9. The van der Waals surface area contributed by atoms with E-state index in [1.165, 1.54) is 11.1 Å². The van der Waals surface area contributed by atoms with Gasteiger partial charge in [-0.25, -0.2) is 4.98 Å². The fourth-order valence-corrected chi connectivity index (χ4v) is 5.05. The number of nitrogens with zero attached hydrogens (tertiary/aromatic N) is 4. The molecule has 1 atom stereocenters. The topological polar surface area (TPSA) is 74.0 Å². The number of fused-ring (bicyclic) bond motifs is 1. The molecule has 4 aromatic rings. The van der Waals surface area contributed by atoms with Crippen LogP contribution in [-0.4, -0.2) is 32.9 Å². The summed E-state index contributed by atoms with van der Waals surface area (Å²) in [5.41, 5.74) is 6.29. The maximum atomic E-state index is 13.4. The molecule has 3 aromatic carbocycles. The highest BCUT2D eigenvalue weighted by Gasteiger charge is 2.31. The Kier molecular flexibility index (Phi) is 7.65. The number of nitrogens with one attached hydrogen (secondary N) is 1. The number of benzene rings is 3. The van der Waals surface area contributed by atoms with E-state index >= 15 is 0 Å². The zero-order valence-electron chi connectivity index (χ0n) is 20.5. The van der Waals surface area contributed by atoms with E-state index in [4.69, 9.17) is 16.9 Å². The van der Waals surface area contributed by atoms with E-state index in [0.717, 1.165) is 21.8 Å². The van der Waals surface area contributed by atoms with Crippen molar-refractivity contribution in [2.75, 3.05) is 6.54 Å². The lowest BCUT2D eigenvalue weighted by molar-refractivity contribution is -0.127. The predicted octanol–water partition coefficient (Wildman–Crippen LogP) is 4.74. The van der Waals surface area contributed by atoms with Crippen LogP contribution in [0, 0.1) is 11.3 Å². The predicted molar refractivity (Wildman–Crippen MR) is 144 cm³/mol. The normalized spacial score (nSPS) is 15.1. The van der Waals surface area contributed by atoms with Gasteiger partial charge in [-0.05, 0) is 46.9 Å². The Bertz CT molecular complexity index is 1420. The van der Waals surface area contributed by atoms with Crippen molar-refractivity contribution in [2.45, 2.75) is 38.5 Å². The zero-order chi connectivity index (χ0) is 25.6. The van der Waals surface area contributed by atoms with Gasteiger partial charge in [0, 0.05) is 49.5 Å². The van der Waals surface area contributed by atoms with E-state index in [2.05, 4.69) is 38.0 Å². The SMILES string of the molecule is N#Cc1ccc(Cn2cncc2CCNC(=O)C2Cc3ccccc3CN2Cc2ccccc2Cl)cc1. The Balaban J connectivity index is 1.24. The third-order valence-electron chi connectivity index (χ3n) is 6.89. The van der Waals surface area contributed by atoms with E-state index in [-0.39, 0.29) is 11.9 Å². The molecule has 1 aliphatic heterocycles. The number of imidazole rings is 1. The van der Waals surface area contributed by atoms with Crippen molar-refractivity contribution >= 4 is 17.5 Å². The van der Waals surface area contributed by atoms with Gasteiger partial charge in [-0.15, -0.1) is 0 Å². The second-order valence-corrected chi connectivity index (χ2v) is 9.75. The first-order valence-corrected chi connectivity index (χ1v) is 12.8. The molecule has 7 heteroatoms. The summed E-state index contributed by atoms with van der Waals surface area (Å²) >= 11 is 6.45. The quantitative estimate of drug-likeness (QED) is 0.372. The van der Waals surface area contributed by atoms with Gasteiger partial charge in [-0.3, -0.25) is 9.69 Å². The fraction of sp³-hybridized carbons (Fsp3) is 0.233. The molecule has 1 aromatic heterocycles. The molecule has 2 heterocycles. The van der Waals surface area contributed by atoms with Crippen molar-refractivity contribution in [2.24, 2.45) is 0 Å². The van der Waals surface area contributed by atoms with Gasteiger partial charge in [0.2, 0.25) is 5.91 Å². The van der Waals surface area contributed by atoms with Crippen molar-refractivity contribution < 1.29 is 4.79 Å². The number of nitriles is 1. The van der Waals surface area contributed by atoms with Crippen LogP contribution in [0.2, 0.25) is 5.02 Å². The molecule has 1 N–H and O–H groups in total. The van der Waals surface area contributed by atoms with Gasteiger partial charge in [0.25, 0.3) is 0 Å². The molecule has 6 nitrogen and oxygen atoms in total. The second-order valence-electron chi connectivity index (χ2n) is 9.35. The van der Waals surface area contributed by atoms with Crippen molar-refractivity contribution in [3.63, 3.8) is 0 Å². The largest absolute Gasteiger partial charge is 0.354 e. The molecule has 0 bridgehead atoms. The first-order chi connectivity index (χ1) is 18.1. The van der Waals surface area contributed by atoms with Crippen LogP contribution in [0.3, 0.4) is 0 Å². The highest BCUT2D eigenvalue weighted by molar-refractivity contribution is 6.31. The highest BCUT2D eigenvalue weighted by Crippen LogP contribution is 2.27. The third kappa shape index (κ3) is 5.91. The van der Waals surface area contributed by atoms with Gasteiger partial charge in [-0.2, -0.15) is 5.26 Å². The Labute approximate surface area is 222 Å². The summed E-state index contributed by atoms with van der Waals surface area (Å²) in [7, 11) is 0. The summed E-state index contributed by atoms with van der Waals surface area (Å²) in [4.78, 5) is 19.9. The summed E-state index contributed by atoms with van der Waals surface area (Å²) in [5.74, 6) is 0.0275. The maximum Gasteiger partial charge on any atom is 0.237 e. The highest BCUT2D eigenvalue weighted by atomic mass is 35.5. The maximum absolute atomic E-state index is 13.4. The number of amides is 1. The van der Waals surface area contributed by atoms with E-state index in [1.807, 2.05) is 66.9 Å². The standard InChI is InChI=1S/C30H28ClN5O/c31-28-8-4-3-7-26(28)20-35-19-25-6-2-1-5-24(25)15-29(35)30(37)34-14-13-27-17-33-21-36(27)18-23-11-9-22(16-32)10-12-23/h1-12,17,21,29H,13-15,18-20H2,(H,34,37). The number of carbonyl (C=O) groups is 1. The number of hydrogen-bond acceptors (Lipinski definition) is 4. The molecule has 0 aliphatic carbocycles. The average molecular weight is 510 g/mol. The van der Waals surface area contributed by atoms with Crippen LogP contribution >= 0.6 is 11.6 Å². The molecule has 0 saturated carbocycles. The Morgan fingerprint density at radius 3 is 2.57 bits per heavy atom. The molecular weight excluding hydrogens is 482 g/mol. The lowest BCUT2D eigenvalue weighted by atomic mass is 9.93. The summed E-state index contributed by atoms with van der Waals surface area (Å²) in [6, 6.07) is 25.6. The number of carbonyl (C=O) groups excluding carboxylic acids is 1. The monoisotopic (exact) mass is 509 g/mol. The molecule has 1 aliphatic rings. The second kappa shape index (κ2) is 11.4. The number of rotatable bonds is 8. The van der Waals surface area contributed by atoms with Gasteiger partial charge in [0.15, 0.2) is 0 Å². The van der Waals surface area contributed by atoms with Crippen LogP contribution in [0.4, 0.5) is 0 Å². The minimum Gasteiger partial charge on any atom is -0.354 e. The van der Waals surface area contributed by atoms with E-state index in [1.54, 1.807) is 6.33 Å². The van der Waals surface area contributed by atoms with Gasteiger partial charge in [0.05, 0.1) is 24.0 Å². The molecule has 0 fully saturated rings. The smallest absolute Gasteiger partial charge is 0.237 e. The Morgan fingerprint density at radius 2 is 1.78 bits per heavy atom. The lowest BCUT2D eigenvalue weighted by Gasteiger charge is -2.36. The molecule has 0 spiro atoms. The van der Waals surface area contributed by atoms with E-state index in [0.29, 0.717) is 44.6 Å². The first kappa shape index (κ1) is 24.8. The molecular formula is C30H28ClN5O. The van der Waals surface area contributed by atoms with Crippen molar-refractivity contribution in [1.29, 1.82) is 5.26 Å². The number of aromatic nitrogens is 2. The molecule has 1 unspecified atom stereocenters. The van der Waals surface area contributed by atoms with Crippen molar-refractivity contribution in [3.05, 3.63) is 124 Å².